The molecule has 0 saturated carbocycles. The number of hydrogen-bond donors (Lipinski definition) is 1. The van der Waals surface area contributed by atoms with Crippen LogP contribution in [0.15, 0.2) is 48.5 Å². The van der Waals surface area contributed by atoms with Gasteiger partial charge in [-0.2, -0.15) is 0 Å². The van der Waals surface area contributed by atoms with Gasteiger partial charge in [0.1, 0.15) is 12.4 Å². The number of likely N-dealkylation sites (tertiary alicyclic amines) is 1. The Hall–Kier alpha value is -1.84. The second-order valence-electron chi connectivity index (χ2n) is 6.91. The maximum Gasteiger partial charge on any atom is 0.119 e. The molecule has 1 heterocycles. The lowest BCUT2D eigenvalue weighted by atomic mass is 10.1. The summed E-state index contributed by atoms with van der Waals surface area (Å²) in [6.07, 6.45) is 2.67. The fourth-order valence-electron chi connectivity index (χ4n) is 3.56. The molecule has 1 atom stereocenters. The van der Waals surface area contributed by atoms with Gasteiger partial charge in [-0.15, -0.1) is 0 Å². The Morgan fingerprint density at radius 3 is 2.68 bits per heavy atom. The van der Waals surface area contributed by atoms with E-state index in [9.17, 15) is 0 Å². The van der Waals surface area contributed by atoms with Crippen molar-refractivity contribution in [2.75, 3.05) is 19.6 Å². The minimum atomic E-state index is 0.624. The third kappa shape index (κ3) is 5.07. The Morgan fingerprint density at radius 1 is 1.12 bits per heavy atom. The molecule has 1 fully saturated rings. The number of nitrogens with zero attached hydrogens (tertiary/aromatic N) is 1. The molecule has 0 aliphatic carbocycles. The van der Waals surface area contributed by atoms with Gasteiger partial charge in [-0.25, -0.2) is 0 Å². The standard InChI is InChI=1S/C22H30N2O/c1-3-24-14-6-9-21(24)16-23-15-19-10-12-22(13-11-19)25-17-20-8-5-4-7-18(20)2/h4-5,7-8,10-13,21,23H,3,6,9,14-17H2,1-2H3. The summed E-state index contributed by atoms with van der Waals surface area (Å²) >= 11 is 0. The predicted octanol–water partition coefficient (Wildman–Crippen LogP) is 4.15. The minimum absolute atomic E-state index is 0.624. The molecule has 1 saturated heterocycles. The molecule has 0 bridgehead atoms. The first-order valence-corrected chi connectivity index (χ1v) is 9.47. The lowest BCUT2D eigenvalue weighted by Gasteiger charge is -2.23. The van der Waals surface area contributed by atoms with Crippen LogP contribution in [0, 0.1) is 6.92 Å². The maximum atomic E-state index is 5.92. The number of nitrogens with one attached hydrogen (secondary N) is 1. The Morgan fingerprint density at radius 2 is 1.92 bits per heavy atom. The molecule has 1 N–H and O–H groups in total. The molecule has 134 valence electrons. The summed E-state index contributed by atoms with van der Waals surface area (Å²) in [5.41, 5.74) is 3.82. The summed E-state index contributed by atoms with van der Waals surface area (Å²) in [6.45, 7) is 9.44. The number of benzene rings is 2. The predicted molar refractivity (Wildman–Crippen MR) is 104 cm³/mol. The van der Waals surface area contributed by atoms with Gasteiger partial charge >= 0.3 is 0 Å². The Kier molecular flexibility index (Phi) is 6.48. The molecule has 25 heavy (non-hydrogen) atoms. The van der Waals surface area contributed by atoms with Crippen LogP contribution in [0.3, 0.4) is 0 Å². The summed E-state index contributed by atoms with van der Waals surface area (Å²) in [5.74, 6) is 0.931. The monoisotopic (exact) mass is 338 g/mol. The molecule has 0 spiro atoms. The van der Waals surface area contributed by atoms with E-state index in [1.165, 1.54) is 42.6 Å². The third-order valence-corrected chi connectivity index (χ3v) is 5.19. The number of likely N-dealkylation sites (N-methyl/N-ethyl adjacent to an activating group) is 1. The van der Waals surface area contributed by atoms with Crippen LogP contribution >= 0.6 is 0 Å². The van der Waals surface area contributed by atoms with Gasteiger partial charge in [0.2, 0.25) is 0 Å². The average Bonchev–Trinajstić information content (AvgIpc) is 3.10. The summed E-state index contributed by atoms with van der Waals surface area (Å²) in [5, 5.41) is 3.61. The topological polar surface area (TPSA) is 24.5 Å². The molecule has 0 amide bonds. The van der Waals surface area contributed by atoms with Crippen LogP contribution in [0.1, 0.15) is 36.5 Å². The molecule has 1 aliphatic rings. The molecule has 2 aromatic carbocycles. The number of hydrogen-bond acceptors (Lipinski definition) is 3. The maximum absolute atomic E-state index is 5.92. The van der Waals surface area contributed by atoms with E-state index in [1.54, 1.807) is 0 Å². The van der Waals surface area contributed by atoms with Gasteiger partial charge in [-0.3, -0.25) is 4.90 Å². The van der Waals surface area contributed by atoms with Crippen molar-refractivity contribution in [1.82, 2.24) is 10.2 Å². The molecule has 1 aliphatic heterocycles. The van der Waals surface area contributed by atoms with Crippen molar-refractivity contribution in [3.8, 4) is 5.75 Å². The smallest absolute Gasteiger partial charge is 0.119 e. The first-order chi connectivity index (χ1) is 12.3. The van der Waals surface area contributed by atoms with Crippen molar-refractivity contribution in [3.63, 3.8) is 0 Å². The first-order valence-electron chi connectivity index (χ1n) is 9.47. The Labute approximate surface area is 152 Å². The van der Waals surface area contributed by atoms with Crippen molar-refractivity contribution in [3.05, 3.63) is 65.2 Å². The second-order valence-corrected chi connectivity index (χ2v) is 6.91. The summed E-state index contributed by atoms with van der Waals surface area (Å²) in [6, 6.07) is 17.5. The van der Waals surface area contributed by atoms with Crippen molar-refractivity contribution >= 4 is 0 Å². The van der Waals surface area contributed by atoms with E-state index in [1.807, 2.05) is 0 Å². The second kappa shape index (κ2) is 9.02. The summed E-state index contributed by atoms with van der Waals surface area (Å²) < 4.78 is 5.92. The quantitative estimate of drug-likeness (QED) is 0.782. The molecular formula is C22H30N2O. The van der Waals surface area contributed by atoms with E-state index in [4.69, 9.17) is 4.74 Å². The normalized spacial score (nSPS) is 17.8. The zero-order valence-electron chi connectivity index (χ0n) is 15.5. The fraction of sp³-hybridized carbons (Fsp3) is 0.455. The van der Waals surface area contributed by atoms with Crippen molar-refractivity contribution in [1.29, 1.82) is 0 Å². The van der Waals surface area contributed by atoms with Crippen LogP contribution in [-0.4, -0.2) is 30.6 Å². The van der Waals surface area contributed by atoms with Gasteiger partial charge < -0.3 is 10.1 Å². The lowest BCUT2D eigenvalue weighted by molar-refractivity contribution is 0.260. The zero-order valence-corrected chi connectivity index (χ0v) is 15.5. The highest BCUT2D eigenvalue weighted by Crippen LogP contribution is 2.17. The highest BCUT2D eigenvalue weighted by atomic mass is 16.5. The van der Waals surface area contributed by atoms with Gasteiger partial charge in [0.05, 0.1) is 0 Å². The molecule has 1 unspecified atom stereocenters. The largest absolute Gasteiger partial charge is 0.489 e. The van der Waals surface area contributed by atoms with Crippen molar-refractivity contribution < 1.29 is 4.74 Å². The van der Waals surface area contributed by atoms with Crippen LogP contribution in [0.25, 0.3) is 0 Å². The van der Waals surface area contributed by atoms with E-state index in [0.717, 1.165) is 18.8 Å². The average molecular weight is 338 g/mol. The van der Waals surface area contributed by atoms with E-state index in [2.05, 4.69) is 72.6 Å². The van der Waals surface area contributed by atoms with Crippen molar-refractivity contribution in [2.24, 2.45) is 0 Å². The molecule has 0 radical (unpaired) electrons. The summed E-state index contributed by atoms with van der Waals surface area (Å²) in [4.78, 5) is 2.58. The molecular weight excluding hydrogens is 308 g/mol. The number of aryl methyl sites for hydroxylation is 1. The third-order valence-electron chi connectivity index (χ3n) is 5.19. The minimum Gasteiger partial charge on any atom is -0.489 e. The highest BCUT2D eigenvalue weighted by Gasteiger charge is 2.21. The van der Waals surface area contributed by atoms with E-state index in [0.29, 0.717) is 12.6 Å². The Balaban J connectivity index is 1.43. The zero-order chi connectivity index (χ0) is 17.5. The molecule has 0 aromatic heterocycles. The number of rotatable bonds is 8. The number of ether oxygens (including phenoxy) is 1. The fourth-order valence-corrected chi connectivity index (χ4v) is 3.56. The molecule has 2 aromatic rings. The van der Waals surface area contributed by atoms with Crippen LogP contribution in [-0.2, 0) is 13.2 Å². The lowest BCUT2D eigenvalue weighted by Crippen LogP contribution is -2.37. The van der Waals surface area contributed by atoms with Gasteiger partial charge in [-0.1, -0.05) is 43.3 Å². The van der Waals surface area contributed by atoms with E-state index < -0.39 is 0 Å². The van der Waals surface area contributed by atoms with Gasteiger partial charge in [0.15, 0.2) is 0 Å². The molecule has 3 rings (SSSR count). The van der Waals surface area contributed by atoms with Gasteiger partial charge in [0.25, 0.3) is 0 Å². The highest BCUT2D eigenvalue weighted by molar-refractivity contribution is 5.29. The Bertz CT molecular complexity index is 653. The summed E-state index contributed by atoms with van der Waals surface area (Å²) in [7, 11) is 0. The van der Waals surface area contributed by atoms with Crippen LogP contribution in [0.2, 0.25) is 0 Å². The van der Waals surface area contributed by atoms with E-state index >= 15 is 0 Å². The first kappa shape index (κ1) is 18.0. The van der Waals surface area contributed by atoms with Gasteiger partial charge in [0, 0.05) is 19.1 Å². The van der Waals surface area contributed by atoms with E-state index in [-0.39, 0.29) is 0 Å². The van der Waals surface area contributed by atoms with Crippen LogP contribution in [0.5, 0.6) is 5.75 Å². The molecule has 3 heteroatoms. The van der Waals surface area contributed by atoms with Crippen LogP contribution in [0.4, 0.5) is 0 Å². The van der Waals surface area contributed by atoms with Crippen molar-refractivity contribution in [2.45, 2.75) is 45.9 Å². The molecule has 3 nitrogen and oxygen atoms in total. The SMILES string of the molecule is CCN1CCCC1CNCc1ccc(OCc2ccccc2C)cc1. The van der Waals surface area contributed by atoms with Crippen LogP contribution < -0.4 is 10.1 Å². The van der Waals surface area contributed by atoms with Gasteiger partial charge in [-0.05, 0) is 61.7 Å².